The summed E-state index contributed by atoms with van der Waals surface area (Å²) < 4.78 is 26.7. The number of nitrogens with one attached hydrogen (secondary N) is 1. The summed E-state index contributed by atoms with van der Waals surface area (Å²) >= 11 is 0. The van der Waals surface area contributed by atoms with Gasteiger partial charge >= 0.3 is 0 Å². The Balaban J connectivity index is 2.33. The number of aryl methyl sites for hydroxylation is 1. The van der Waals surface area contributed by atoms with Gasteiger partial charge in [0.1, 0.15) is 0 Å². The molecule has 1 aliphatic rings. The summed E-state index contributed by atoms with van der Waals surface area (Å²) in [5.41, 5.74) is 1.07. The van der Waals surface area contributed by atoms with Crippen molar-refractivity contribution < 1.29 is 18.3 Å². The average molecular weight is 340 g/mol. The number of likely N-dealkylation sites (N-methyl/N-ethyl adjacent to an activating group) is 1. The van der Waals surface area contributed by atoms with Crippen LogP contribution in [-0.2, 0) is 10.0 Å². The Morgan fingerprint density at radius 3 is 2.65 bits per heavy atom. The predicted octanol–water partition coefficient (Wildman–Crippen LogP) is 1.28. The first-order chi connectivity index (χ1) is 10.8. The van der Waals surface area contributed by atoms with E-state index >= 15 is 0 Å². The van der Waals surface area contributed by atoms with Gasteiger partial charge < -0.3 is 10.0 Å². The maximum Gasteiger partial charge on any atom is 0.254 e. The lowest BCUT2D eigenvalue weighted by molar-refractivity contribution is 0.0538. The maximum atomic E-state index is 12.7. The van der Waals surface area contributed by atoms with Crippen molar-refractivity contribution in [2.75, 3.05) is 13.6 Å². The zero-order chi connectivity index (χ0) is 17.2. The molecule has 2 rings (SSSR count). The quantitative estimate of drug-likeness (QED) is 0.845. The van der Waals surface area contributed by atoms with Crippen LogP contribution in [0.1, 0.15) is 42.1 Å². The van der Waals surface area contributed by atoms with Gasteiger partial charge in [0.25, 0.3) is 5.91 Å². The van der Waals surface area contributed by atoms with E-state index in [1.165, 1.54) is 17.0 Å². The van der Waals surface area contributed by atoms with Crippen LogP contribution in [-0.4, -0.2) is 50.1 Å². The van der Waals surface area contributed by atoms with Gasteiger partial charge in [-0.15, -0.1) is 0 Å². The van der Waals surface area contributed by atoms with E-state index in [0.29, 0.717) is 17.5 Å². The van der Waals surface area contributed by atoms with E-state index in [9.17, 15) is 18.3 Å². The number of hydrogen-bond donors (Lipinski definition) is 2. The van der Waals surface area contributed by atoms with Crippen LogP contribution in [0, 0.1) is 6.92 Å². The van der Waals surface area contributed by atoms with Crippen LogP contribution in [0.2, 0.25) is 0 Å². The third kappa shape index (κ3) is 3.73. The fraction of sp³-hybridized carbons (Fsp3) is 0.562. The van der Waals surface area contributed by atoms with Crippen molar-refractivity contribution in [2.24, 2.45) is 0 Å². The Labute approximate surface area is 137 Å². The fourth-order valence-corrected chi connectivity index (χ4v) is 4.05. The van der Waals surface area contributed by atoms with Gasteiger partial charge in [-0.3, -0.25) is 4.79 Å². The van der Waals surface area contributed by atoms with Gasteiger partial charge in [-0.1, -0.05) is 13.0 Å². The highest BCUT2D eigenvalue weighted by Gasteiger charge is 2.32. The molecule has 1 saturated carbocycles. The average Bonchev–Trinajstić information content (AvgIpc) is 2.92. The summed E-state index contributed by atoms with van der Waals surface area (Å²) in [4.78, 5) is 14.3. The topological polar surface area (TPSA) is 86.7 Å². The lowest BCUT2D eigenvalue weighted by atomic mass is 10.1. The second-order valence-electron chi connectivity index (χ2n) is 5.96. The van der Waals surface area contributed by atoms with Gasteiger partial charge in [-0.2, -0.15) is 0 Å². The van der Waals surface area contributed by atoms with Crippen molar-refractivity contribution in [3.63, 3.8) is 0 Å². The molecule has 0 aromatic heterocycles. The second kappa shape index (κ2) is 6.98. The Kier molecular flexibility index (Phi) is 5.44. The lowest BCUT2D eigenvalue weighted by Gasteiger charge is -2.28. The predicted molar refractivity (Wildman–Crippen MR) is 87.8 cm³/mol. The monoisotopic (exact) mass is 340 g/mol. The van der Waals surface area contributed by atoms with Crippen molar-refractivity contribution in [3.05, 3.63) is 29.3 Å². The van der Waals surface area contributed by atoms with Gasteiger partial charge in [-0.05, 0) is 43.9 Å². The molecule has 1 aromatic carbocycles. The molecule has 0 aliphatic heterocycles. The first kappa shape index (κ1) is 17.9. The molecule has 2 atom stereocenters. The van der Waals surface area contributed by atoms with Crippen LogP contribution < -0.4 is 4.72 Å². The van der Waals surface area contributed by atoms with Crippen LogP contribution in [0.5, 0.6) is 0 Å². The molecule has 0 bridgehead atoms. The molecule has 1 aromatic rings. The third-order valence-corrected chi connectivity index (χ3v) is 5.89. The molecular formula is C16H24N2O4S. The van der Waals surface area contributed by atoms with Crippen LogP contribution in [0.25, 0.3) is 0 Å². The van der Waals surface area contributed by atoms with Crippen LogP contribution in [0.15, 0.2) is 23.1 Å². The van der Waals surface area contributed by atoms with E-state index in [4.69, 9.17) is 0 Å². The minimum absolute atomic E-state index is 0.0775. The van der Waals surface area contributed by atoms with Crippen molar-refractivity contribution in [1.29, 1.82) is 0 Å². The van der Waals surface area contributed by atoms with Gasteiger partial charge in [0.05, 0.1) is 17.0 Å². The van der Waals surface area contributed by atoms with Gasteiger partial charge in [-0.25, -0.2) is 13.1 Å². The highest BCUT2D eigenvalue weighted by atomic mass is 32.2. The first-order valence-corrected chi connectivity index (χ1v) is 9.31. The van der Waals surface area contributed by atoms with Crippen LogP contribution in [0.4, 0.5) is 0 Å². The normalized spacial score (nSPS) is 21.4. The Morgan fingerprint density at radius 2 is 2.09 bits per heavy atom. The summed E-state index contributed by atoms with van der Waals surface area (Å²) in [5, 5.41) is 9.98. The second-order valence-corrected chi connectivity index (χ2v) is 7.73. The molecule has 0 saturated heterocycles. The summed E-state index contributed by atoms with van der Waals surface area (Å²) in [7, 11) is -1.95. The van der Waals surface area contributed by atoms with E-state index in [1.54, 1.807) is 27.0 Å². The summed E-state index contributed by atoms with van der Waals surface area (Å²) in [6, 6.07) is 4.33. The molecule has 7 heteroatoms. The Bertz CT molecular complexity index is 687. The van der Waals surface area contributed by atoms with Crippen molar-refractivity contribution >= 4 is 15.9 Å². The first-order valence-electron chi connectivity index (χ1n) is 7.83. The third-order valence-electron chi connectivity index (χ3n) is 4.35. The molecule has 128 valence electrons. The molecule has 0 heterocycles. The molecule has 0 spiro atoms. The van der Waals surface area contributed by atoms with Crippen LogP contribution in [0.3, 0.4) is 0 Å². The lowest BCUT2D eigenvalue weighted by Crippen LogP contribution is -2.41. The number of benzene rings is 1. The molecule has 2 N–H and O–H groups in total. The highest BCUT2D eigenvalue weighted by molar-refractivity contribution is 7.89. The summed E-state index contributed by atoms with van der Waals surface area (Å²) in [5.74, 6) is -0.262. The van der Waals surface area contributed by atoms with Gasteiger partial charge in [0, 0.05) is 19.2 Å². The molecule has 1 amide bonds. The van der Waals surface area contributed by atoms with Crippen molar-refractivity contribution in [1.82, 2.24) is 9.62 Å². The molecular weight excluding hydrogens is 316 g/mol. The number of hydrogen-bond acceptors (Lipinski definition) is 4. The van der Waals surface area contributed by atoms with E-state index in [0.717, 1.165) is 12.8 Å². The zero-order valence-electron chi connectivity index (χ0n) is 13.7. The molecule has 0 radical (unpaired) electrons. The van der Waals surface area contributed by atoms with E-state index < -0.39 is 16.1 Å². The smallest absolute Gasteiger partial charge is 0.254 e. The SMILES string of the molecule is CCNS(=O)(=O)c1ccc(C)c(C(=O)N(C)[C@@H]2CCC[C@H]2O)c1. The number of carbonyl (C=O) groups is 1. The number of sulfonamides is 1. The van der Waals surface area contributed by atoms with E-state index in [2.05, 4.69) is 4.72 Å². The van der Waals surface area contributed by atoms with Gasteiger partial charge in [0.15, 0.2) is 0 Å². The molecule has 23 heavy (non-hydrogen) atoms. The molecule has 1 fully saturated rings. The number of aliphatic hydroxyl groups excluding tert-OH is 1. The molecule has 1 aliphatic carbocycles. The standard InChI is InChI=1S/C16H24N2O4S/c1-4-17-23(21,22)12-9-8-11(2)13(10-12)16(20)18(3)14-6-5-7-15(14)19/h8-10,14-15,17,19H,4-7H2,1-3H3/t14-,15-/m1/s1. The summed E-state index contributed by atoms with van der Waals surface area (Å²) in [6.45, 7) is 3.76. The molecule has 6 nitrogen and oxygen atoms in total. The Morgan fingerprint density at radius 1 is 1.39 bits per heavy atom. The number of carbonyl (C=O) groups excluding carboxylic acids is 1. The summed E-state index contributed by atoms with van der Waals surface area (Å²) in [6.07, 6.45) is 1.82. The van der Waals surface area contributed by atoms with Crippen molar-refractivity contribution in [3.8, 4) is 0 Å². The van der Waals surface area contributed by atoms with Gasteiger partial charge in [0.2, 0.25) is 10.0 Å². The number of amides is 1. The van der Waals surface area contributed by atoms with E-state index in [-0.39, 0.29) is 23.4 Å². The van der Waals surface area contributed by atoms with E-state index in [1.807, 2.05) is 0 Å². The van der Waals surface area contributed by atoms with Crippen molar-refractivity contribution in [2.45, 2.75) is 50.2 Å². The fourth-order valence-electron chi connectivity index (χ4n) is 2.99. The zero-order valence-corrected chi connectivity index (χ0v) is 14.6. The Hall–Kier alpha value is -1.44. The van der Waals surface area contributed by atoms with Crippen LogP contribution >= 0.6 is 0 Å². The minimum Gasteiger partial charge on any atom is -0.391 e. The number of rotatable bonds is 5. The maximum absolute atomic E-state index is 12.7. The number of nitrogens with zero attached hydrogens (tertiary/aromatic N) is 1. The number of aliphatic hydroxyl groups is 1. The largest absolute Gasteiger partial charge is 0.391 e. The highest BCUT2D eigenvalue weighted by Crippen LogP contribution is 2.25. The minimum atomic E-state index is -3.61. The molecule has 0 unspecified atom stereocenters.